The summed E-state index contributed by atoms with van der Waals surface area (Å²) in [7, 11) is 1.87. The van der Waals surface area contributed by atoms with Crippen LogP contribution in [0.15, 0.2) is 18.2 Å². The third kappa shape index (κ3) is 2.46. The van der Waals surface area contributed by atoms with E-state index in [1.165, 1.54) is 27.1 Å². The van der Waals surface area contributed by atoms with E-state index in [1.807, 2.05) is 7.05 Å². The molecular formula is C17H18ClN3S. The summed E-state index contributed by atoms with van der Waals surface area (Å²) in [6.07, 6.45) is 0.962. The third-order valence-electron chi connectivity index (χ3n) is 3.95. The average molecular weight is 332 g/mol. The number of nitrogens with zero attached hydrogens (tertiary/aromatic N) is 2. The van der Waals surface area contributed by atoms with Crippen LogP contribution in [-0.4, -0.2) is 17.0 Å². The molecule has 1 aromatic carbocycles. The summed E-state index contributed by atoms with van der Waals surface area (Å²) in [5, 5.41) is 4.51. The Morgan fingerprint density at radius 3 is 2.59 bits per heavy atom. The summed E-state index contributed by atoms with van der Waals surface area (Å²) >= 11 is 7.74. The topological polar surface area (TPSA) is 37.8 Å². The van der Waals surface area contributed by atoms with Gasteiger partial charge in [0.2, 0.25) is 5.28 Å². The van der Waals surface area contributed by atoms with Gasteiger partial charge in [0.15, 0.2) is 0 Å². The highest BCUT2D eigenvalue weighted by Gasteiger charge is 2.19. The van der Waals surface area contributed by atoms with Crippen molar-refractivity contribution >= 4 is 39.0 Å². The lowest BCUT2D eigenvalue weighted by atomic mass is 9.98. The molecule has 0 saturated carbocycles. The van der Waals surface area contributed by atoms with Crippen LogP contribution in [0.1, 0.15) is 22.9 Å². The summed E-state index contributed by atoms with van der Waals surface area (Å²) in [6, 6.07) is 6.59. The van der Waals surface area contributed by atoms with Gasteiger partial charge in [0.05, 0.1) is 5.39 Å². The second-order valence-corrected chi connectivity index (χ2v) is 6.75. The van der Waals surface area contributed by atoms with Gasteiger partial charge in [-0.25, -0.2) is 9.97 Å². The van der Waals surface area contributed by atoms with Gasteiger partial charge in [-0.2, -0.15) is 0 Å². The molecule has 0 aliphatic heterocycles. The first-order chi connectivity index (χ1) is 10.5. The highest BCUT2D eigenvalue weighted by atomic mass is 35.5. The number of hydrogen-bond acceptors (Lipinski definition) is 4. The van der Waals surface area contributed by atoms with Crippen LogP contribution in [0.5, 0.6) is 0 Å². The second kappa shape index (κ2) is 5.86. The zero-order chi connectivity index (χ0) is 15.9. The lowest BCUT2D eigenvalue weighted by molar-refractivity contribution is 1.19. The van der Waals surface area contributed by atoms with E-state index in [9.17, 15) is 0 Å². The largest absolute Gasteiger partial charge is 0.372 e. The van der Waals surface area contributed by atoms with Crippen molar-refractivity contribution in [3.63, 3.8) is 0 Å². The normalized spacial score (nSPS) is 11.1. The fraction of sp³-hybridized carbons (Fsp3) is 0.294. The molecule has 0 spiro atoms. The van der Waals surface area contributed by atoms with Crippen LogP contribution in [0.25, 0.3) is 21.3 Å². The Bertz CT molecular complexity index is 855. The predicted octanol–water partition coefficient (Wildman–Crippen LogP) is 5.23. The van der Waals surface area contributed by atoms with Crippen molar-refractivity contribution in [3.8, 4) is 11.1 Å². The Balaban J connectivity index is 2.38. The number of aromatic nitrogens is 2. The van der Waals surface area contributed by atoms with Crippen LogP contribution >= 0.6 is 22.9 Å². The van der Waals surface area contributed by atoms with Gasteiger partial charge in [-0.05, 0) is 48.6 Å². The summed E-state index contributed by atoms with van der Waals surface area (Å²) in [5.41, 5.74) is 5.04. The van der Waals surface area contributed by atoms with E-state index in [-0.39, 0.29) is 5.28 Å². The van der Waals surface area contributed by atoms with E-state index in [4.69, 9.17) is 11.6 Å². The third-order valence-corrected chi connectivity index (χ3v) is 5.35. The maximum absolute atomic E-state index is 6.04. The SMILES string of the molecule is CCc1sc2nc(Cl)nc(NC)c2c1-c1ccc(C)c(C)c1. The number of anilines is 1. The zero-order valence-corrected chi connectivity index (χ0v) is 14.7. The molecule has 0 unspecified atom stereocenters. The fourth-order valence-electron chi connectivity index (χ4n) is 2.65. The maximum atomic E-state index is 6.04. The van der Waals surface area contributed by atoms with Gasteiger partial charge in [0, 0.05) is 17.5 Å². The van der Waals surface area contributed by atoms with Crippen molar-refractivity contribution < 1.29 is 0 Å². The molecule has 0 fully saturated rings. The van der Waals surface area contributed by atoms with Crippen LogP contribution in [0, 0.1) is 13.8 Å². The van der Waals surface area contributed by atoms with E-state index >= 15 is 0 Å². The van der Waals surface area contributed by atoms with E-state index in [2.05, 4.69) is 54.3 Å². The first-order valence-corrected chi connectivity index (χ1v) is 8.48. The van der Waals surface area contributed by atoms with Crippen LogP contribution < -0.4 is 5.32 Å². The second-order valence-electron chi connectivity index (χ2n) is 5.32. The number of rotatable bonds is 3. The lowest BCUT2D eigenvalue weighted by Crippen LogP contribution is -1.96. The van der Waals surface area contributed by atoms with Gasteiger partial charge in [0.25, 0.3) is 0 Å². The number of halogens is 1. The Kier molecular flexibility index (Phi) is 4.06. The standard InChI is InChI=1S/C17H18ClN3S/c1-5-12-13(11-7-6-9(2)10(3)8-11)14-15(19-4)20-17(18)21-16(14)22-12/h6-8H,5H2,1-4H3,(H,19,20,21). The summed E-state index contributed by atoms with van der Waals surface area (Å²) in [5.74, 6) is 0.791. The van der Waals surface area contributed by atoms with Gasteiger partial charge < -0.3 is 5.32 Å². The van der Waals surface area contributed by atoms with Crippen molar-refractivity contribution in [2.24, 2.45) is 0 Å². The fourth-order valence-corrected chi connectivity index (χ4v) is 4.00. The Morgan fingerprint density at radius 2 is 1.95 bits per heavy atom. The lowest BCUT2D eigenvalue weighted by Gasteiger charge is -2.09. The molecule has 0 saturated heterocycles. The molecule has 3 rings (SSSR count). The molecule has 2 aromatic heterocycles. The highest BCUT2D eigenvalue weighted by molar-refractivity contribution is 7.19. The van der Waals surface area contributed by atoms with E-state index in [0.29, 0.717) is 0 Å². The molecule has 2 heterocycles. The van der Waals surface area contributed by atoms with Crippen molar-refractivity contribution in [2.75, 3.05) is 12.4 Å². The molecule has 0 atom stereocenters. The smallest absolute Gasteiger partial charge is 0.225 e. The average Bonchev–Trinajstić information content (AvgIpc) is 2.87. The van der Waals surface area contributed by atoms with Crippen LogP contribution in [0.2, 0.25) is 5.28 Å². The van der Waals surface area contributed by atoms with Gasteiger partial charge in [-0.3, -0.25) is 0 Å². The zero-order valence-electron chi connectivity index (χ0n) is 13.1. The summed E-state index contributed by atoms with van der Waals surface area (Å²) < 4.78 is 0. The van der Waals surface area contributed by atoms with Crippen LogP contribution in [0.4, 0.5) is 5.82 Å². The number of nitrogens with one attached hydrogen (secondary N) is 1. The first kappa shape index (κ1) is 15.3. The Hall–Kier alpha value is -1.65. The summed E-state index contributed by atoms with van der Waals surface area (Å²) in [4.78, 5) is 11.0. The monoisotopic (exact) mass is 331 g/mol. The quantitative estimate of drug-likeness (QED) is 0.667. The number of benzene rings is 1. The Morgan fingerprint density at radius 1 is 1.18 bits per heavy atom. The van der Waals surface area contributed by atoms with E-state index in [1.54, 1.807) is 11.3 Å². The van der Waals surface area contributed by atoms with Gasteiger partial charge in [-0.15, -0.1) is 11.3 Å². The molecule has 1 N–H and O–H groups in total. The molecule has 5 heteroatoms. The first-order valence-electron chi connectivity index (χ1n) is 7.29. The minimum absolute atomic E-state index is 0.285. The van der Waals surface area contributed by atoms with Crippen molar-refractivity contribution in [3.05, 3.63) is 39.5 Å². The maximum Gasteiger partial charge on any atom is 0.225 e. The van der Waals surface area contributed by atoms with Gasteiger partial charge >= 0.3 is 0 Å². The number of fused-ring (bicyclic) bond motifs is 1. The number of hydrogen-bond donors (Lipinski definition) is 1. The molecule has 0 aliphatic carbocycles. The molecule has 0 bridgehead atoms. The molecule has 0 radical (unpaired) electrons. The molecule has 3 aromatic rings. The van der Waals surface area contributed by atoms with Gasteiger partial charge in [-0.1, -0.05) is 25.1 Å². The molecule has 3 nitrogen and oxygen atoms in total. The molecule has 0 aliphatic rings. The van der Waals surface area contributed by atoms with Crippen molar-refractivity contribution in [2.45, 2.75) is 27.2 Å². The highest BCUT2D eigenvalue weighted by Crippen LogP contribution is 2.42. The van der Waals surface area contributed by atoms with Crippen molar-refractivity contribution in [1.82, 2.24) is 9.97 Å². The van der Waals surface area contributed by atoms with E-state index < -0.39 is 0 Å². The number of aryl methyl sites for hydroxylation is 3. The van der Waals surface area contributed by atoms with Crippen LogP contribution in [-0.2, 0) is 6.42 Å². The van der Waals surface area contributed by atoms with Crippen molar-refractivity contribution in [1.29, 1.82) is 0 Å². The number of thiophene rings is 1. The molecule has 114 valence electrons. The molecular weight excluding hydrogens is 314 g/mol. The molecule has 22 heavy (non-hydrogen) atoms. The predicted molar refractivity (Wildman–Crippen MR) is 96.3 cm³/mol. The van der Waals surface area contributed by atoms with Crippen LogP contribution in [0.3, 0.4) is 0 Å². The molecule has 0 amide bonds. The Labute approximate surface area is 139 Å². The minimum Gasteiger partial charge on any atom is -0.372 e. The summed E-state index contributed by atoms with van der Waals surface area (Å²) in [6.45, 7) is 6.45. The van der Waals surface area contributed by atoms with Gasteiger partial charge in [0.1, 0.15) is 10.6 Å². The minimum atomic E-state index is 0.285. The van der Waals surface area contributed by atoms with E-state index in [0.717, 1.165) is 22.5 Å².